The zero-order valence-corrected chi connectivity index (χ0v) is 12.3. The molecule has 0 unspecified atom stereocenters. The summed E-state index contributed by atoms with van der Waals surface area (Å²) in [5, 5.41) is 7.93. The normalized spacial score (nSPS) is 14.5. The van der Waals surface area contributed by atoms with Crippen LogP contribution in [0.3, 0.4) is 0 Å². The molecule has 0 radical (unpaired) electrons. The van der Waals surface area contributed by atoms with Crippen LogP contribution in [0.25, 0.3) is 17.2 Å². The zero-order chi connectivity index (χ0) is 15.8. The van der Waals surface area contributed by atoms with Gasteiger partial charge in [0.1, 0.15) is 17.3 Å². The van der Waals surface area contributed by atoms with Crippen LogP contribution in [0.4, 0.5) is 8.78 Å². The van der Waals surface area contributed by atoms with Crippen LogP contribution in [0.2, 0.25) is 0 Å². The summed E-state index contributed by atoms with van der Waals surface area (Å²) in [6.45, 7) is 2.57. The highest BCUT2D eigenvalue weighted by Crippen LogP contribution is 2.23. The van der Waals surface area contributed by atoms with Gasteiger partial charge < -0.3 is 5.32 Å². The minimum atomic E-state index is -0.621. The molecule has 3 heterocycles. The highest BCUT2D eigenvalue weighted by atomic mass is 19.1. The Labute approximate surface area is 131 Å². The first kappa shape index (κ1) is 14.1. The van der Waals surface area contributed by atoms with E-state index in [4.69, 9.17) is 0 Å². The largest absolute Gasteiger partial charge is 0.311 e. The van der Waals surface area contributed by atoms with Gasteiger partial charge in [-0.25, -0.2) is 13.8 Å². The van der Waals surface area contributed by atoms with Crippen LogP contribution >= 0.6 is 0 Å². The van der Waals surface area contributed by atoms with Crippen molar-refractivity contribution in [1.29, 1.82) is 0 Å². The van der Waals surface area contributed by atoms with Crippen LogP contribution in [0.15, 0.2) is 36.7 Å². The van der Waals surface area contributed by atoms with Crippen molar-refractivity contribution < 1.29 is 8.78 Å². The van der Waals surface area contributed by atoms with Crippen LogP contribution in [-0.2, 0) is 13.1 Å². The van der Waals surface area contributed by atoms with Crippen molar-refractivity contribution in [2.24, 2.45) is 0 Å². The molecule has 1 aliphatic heterocycles. The predicted molar refractivity (Wildman–Crippen MR) is 81.0 cm³/mol. The topological polar surface area (TPSA) is 47.7 Å². The summed E-state index contributed by atoms with van der Waals surface area (Å²) in [5.74, 6) is -0.676. The molecule has 1 aromatic carbocycles. The van der Waals surface area contributed by atoms with Crippen LogP contribution in [0.1, 0.15) is 12.1 Å². The monoisotopic (exact) mass is 315 g/mol. The Balaban J connectivity index is 1.78. The number of benzene rings is 1. The number of nitrogens with one attached hydrogen (secondary N) is 1. The molecule has 0 aliphatic carbocycles. The molecule has 2 aromatic heterocycles. The number of aromatic nitrogens is 4. The highest BCUT2D eigenvalue weighted by molar-refractivity contribution is 5.55. The molecule has 0 fully saturated rings. The summed E-state index contributed by atoms with van der Waals surface area (Å²) in [6, 6.07) is 5.37. The quantitative estimate of drug-likeness (QED) is 0.790. The van der Waals surface area contributed by atoms with E-state index in [-0.39, 0.29) is 0 Å². The molecule has 118 valence electrons. The van der Waals surface area contributed by atoms with Gasteiger partial charge in [-0.15, -0.1) is 0 Å². The third-order valence-corrected chi connectivity index (χ3v) is 3.89. The van der Waals surface area contributed by atoms with Gasteiger partial charge in [0.15, 0.2) is 5.82 Å². The average molecular weight is 315 g/mol. The maximum atomic E-state index is 13.5. The van der Waals surface area contributed by atoms with Crippen LogP contribution in [0.5, 0.6) is 0 Å². The molecule has 7 heteroatoms. The van der Waals surface area contributed by atoms with Crippen molar-refractivity contribution in [3.63, 3.8) is 0 Å². The summed E-state index contributed by atoms with van der Waals surface area (Å²) in [4.78, 5) is 4.31. The number of aryl methyl sites for hydroxylation is 1. The fourth-order valence-electron chi connectivity index (χ4n) is 2.85. The van der Waals surface area contributed by atoms with Gasteiger partial charge in [-0.05, 0) is 31.2 Å². The van der Waals surface area contributed by atoms with E-state index < -0.39 is 11.6 Å². The molecule has 0 saturated heterocycles. The Morgan fingerprint density at radius 1 is 1.09 bits per heavy atom. The van der Waals surface area contributed by atoms with E-state index in [1.54, 1.807) is 17.0 Å². The van der Waals surface area contributed by atoms with Crippen LogP contribution in [0, 0.1) is 11.6 Å². The van der Waals surface area contributed by atoms with Gasteiger partial charge >= 0.3 is 0 Å². The molecule has 0 bridgehead atoms. The maximum Gasteiger partial charge on any atom is 0.165 e. The third-order valence-electron chi connectivity index (χ3n) is 3.89. The first-order valence-electron chi connectivity index (χ1n) is 7.48. The molecule has 0 atom stereocenters. The Morgan fingerprint density at radius 2 is 1.91 bits per heavy atom. The van der Waals surface area contributed by atoms with Gasteiger partial charge in [-0.1, -0.05) is 0 Å². The second-order valence-corrected chi connectivity index (χ2v) is 5.52. The average Bonchev–Trinajstić information content (AvgIpc) is 3.08. The van der Waals surface area contributed by atoms with Crippen molar-refractivity contribution >= 4 is 0 Å². The molecule has 5 nitrogen and oxygen atoms in total. The number of imidazole rings is 1. The van der Waals surface area contributed by atoms with Crippen molar-refractivity contribution in [2.45, 2.75) is 19.5 Å². The molecule has 1 aliphatic rings. The summed E-state index contributed by atoms with van der Waals surface area (Å²) in [5.41, 5.74) is 2.16. The first-order valence-corrected chi connectivity index (χ1v) is 7.48. The fraction of sp³-hybridized carbons (Fsp3) is 0.250. The van der Waals surface area contributed by atoms with Gasteiger partial charge in [0.05, 0.1) is 11.4 Å². The zero-order valence-electron chi connectivity index (χ0n) is 12.3. The molecular weight excluding hydrogens is 300 g/mol. The lowest BCUT2D eigenvalue weighted by Gasteiger charge is -2.07. The van der Waals surface area contributed by atoms with E-state index in [9.17, 15) is 8.78 Å². The molecular formula is C16H15F2N5. The summed E-state index contributed by atoms with van der Waals surface area (Å²) < 4.78 is 30.6. The van der Waals surface area contributed by atoms with Gasteiger partial charge in [0.2, 0.25) is 0 Å². The van der Waals surface area contributed by atoms with E-state index in [1.807, 2.05) is 10.7 Å². The second-order valence-electron chi connectivity index (χ2n) is 5.52. The summed E-state index contributed by atoms with van der Waals surface area (Å²) in [6.07, 6.45) is 4.28. The molecule has 0 spiro atoms. The lowest BCUT2D eigenvalue weighted by atomic mass is 10.2. The van der Waals surface area contributed by atoms with Crippen molar-refractivity contribution in [3.05, 3.63) is 54.0 Å². The Bertz CT molecular complexity index is 808. The number of nitrogens with zero attached hydrogens (tertiary/aromatic N) is 4. The van der Waals surface area contributed by atoms with Gasteiger partial charge in [-0.2, -0.15) is 5.10 Å². The number of halogens is 2. The molecule has 0 saturated carbocycles. The molecule has 0 amide bonds. The van der Waals surface area contributed by atoms with Gasteiger partial charge in [0, 0.05) is 31.5 Å². The van der Waals surface area contributed by atoms with E-state index in [2.05, 4.69) is 15.4 Å². The number of fused-ring (bicyclic) bond motifs is 1. The summed E-state index contributed by atoms with van der Waals surface area (Å²) in [7, 11) is 0. The predicted octanol–water partition coefficient (Wildman–Crippen LogP) is 2.51. The van der Waals surface area contributed by atoms with E-state index in [0.29, 0.717) is 17.2 Å². The van der Waals surface area contributed by atoms with Crippen molar-refractivity contribution in [1.82, 2.24) is 24.6 Å². The SMILES string of the molecule is Fc1cc(F)cc(-n2ccnc2-c2cc3n(n2)CCCNC3)c1. The molecule has 4 rings (SSSR count). The number of hydrogen-bond donors (Lipinski definition) is 1. The molecule has 3 aromatic rings. The van der Waals surface area contributed by atoms with Crippen molar-refractivity contribution in [3.8, 4) is 17.2 Å². The molecule has 23 heavy (non-hydrogen) atoms. The lowest BCUT2D eigenvalue weighted by molar-refractivity contribution is 0.581. The van der Waals surface area contributed by atoms with Crippen LogP contribution in [-0.4, -0.2) is 25.9 Å². The van der Waals surface area contributed by atoms with Gasteiger partial charge in [0.25, 0.3) is 0 Å². The third kappa shape index (κ3) is 2.63. The van der Waals surface area contributed by atoms with E-state index in [0.717, 1.165) is 37.8 Å². The number of hydrogen-bond acceptors (Lipinski definition) is 3. The Morgan fingerprint density at radius 3 is 2.74 bits per heavy atom. The van der Waals surface area contributed by atoms with E-state index in [1.165, 1.54) is 12.1 Å². The van der Waals surface area contributed by atoms with Gasteiger partial charge in [-0.3, -0.25) is 9.25 Å². The maximum absolute atomic E-state index is 13.5. The lowest BCUT2D eigenvalue weighted by Crippen LogP contribution is -2.11. The first-order chi connectivity index (χ1) is 11.2. The summed E-state index contributed by atoms with van der Waals surface area (Å²) >= 11 is 0. The second kappa shape index (κ2) is 5.58. The van der Waals surface area contributed by atoms with Crippen LogP contribution < -0.4 is 5.32 Å². The molecule has 1 N–H and O–H groups in total. The fourth-order valence-corrected chi connectivity index (χ4v) is 2.85. The smallest absolute Gasteiger partial charge is 0.165 e. The standard InChI is InChI=1S/C16H15F2N5/c17-11-6-12(18)8-13(7-11)22-5-3-20-16(22)15-9-14-10-19-2-1-4-23(14)21-15/h3,5-9,19H,1-2,4,10H2. The van der Waals surface area contributed by atoms with Crippen molar-refractivity contribution in [2.75, 3.05) is 6.54 Å². The minimum Gasteiger partial charge on any atom is -0.311 e. The Hall–Kier alpha value is -2.54. The Kier molecular flexibility index (Phi) is 3.42. The highest BCUT2D eigenvalue weighted by Gasteiger charge is 2.16. The number of rotatable bonds is 2. The van der Waals surface area contributed by atoms with E-state index >= 15 is 0 Å². The minimum absolute atomic E-state index is 0.385.